The molecule has 1 aliphatic heterocycles. The smallest absolute Gasteiger partial charge is 0.259 e. The molecule has 1 aromatic heterocycles. The van der Waals surface area contributed by atoms with Gasteiger partial charge in [0.15, 0.2) is 0 Å². The largest absolute Gasteiger partial charge is 0.497 e. The van der Waals surface area contributed by atoms with E-state index in [-0.39, 0.29) is 11.8 Å². The van der Waals surface area contributed by atoms with E-state index in [4.69, 9.17) is 9.26 Å². The third kappa shape index (κ3) is 4.30. The number of ether oxygens (including phenoxy) is 1. The lowest BCUT2D eigenvalue weighted by Crippen LogP contribution is -2.50. The van der Waals surface area contributed by atoms with Crippen molar-refractivity contribution in [3.63, 3.8) is 0 Å². The fourth-order valence-corrected chi connectivity index (χ4v) is 3.34. The molecule has 7 nitrogen and oxygen atoms in total. The van der Waals surface area contributed by atoms with Gasteiger partial charge in [0, 0.05) is 32.6 Å². The SMILES string of the molecule is COc1cccc(CCC(=O)N2CCN(C(=O)c3c(C)noc3C)CC2)c1. The lowest BCUT2D eigenvalue weighted by atomic mass is 10.1. The van der Waals surface area contributed by atoms with Crippen molar-refractivity contribution in [3.05, 3.63) is 46.8 Å². The third-order valence-corrected chi connectivity index (χ3v) is 4.93. The second-order valence-electron chi connectivity index (χ2n) is 6.72. The molecule has 0 aliphatic carbocycles. The Kier molecular flexibility index (Phi) is 5.78. The molecule has 0 saturated carbocycles. The van der Waals surface area contributed by atoms with Crippen LogP contribution in [0.15, 0.2) is 28.8 Å². The Morgan fingerprint density at radius 3 is 2.48 bits per heavy atom. The highest BCUT2D eigenvalue weighted by Gasteiger charge is 2.28. The van der Waals surface area contributed by atoms with Crippen molar-refractivity contribution in [3.8, 4) is 5.75 Å². The van der Waals surface area contributed by atoms with Gasteiger partial charge in [0.25, 0.3) is 5.91 Å². The van der Waals surface area contributed by atoms with E-state index in [1.54, 1.807) is 25.9 Å². The first kappa shape index (κ1) is 18.9. The molecule has 1 fully saturated rings. The number of rotatable bonds is 5. The maximum absolute atomic E-state index is 12.7. The summed E-state index contributed by atoms with van der Waals surface area (Å²) in [7, 11) is 1.63. The average Bonchev–Trinajstić information content (AvgIpc) is 3.04. The van der Waals surface area contributed by atoms with Crippen LogP contribution >= 0.6 is 0 Å². The zero-order valence-electron chi connectivity index (χ0n) is 16.0. The number of amides is 2. The molecule has 2 heterocycles. The van der Waals surface area contributed by atoms with Crippen molar-refractivity contribution < 1.29 is 18.8 Å². The number of piperazine rings is 1. The predicted molar refractivity (Wildman–Crippen MR) is 99.8 cm³/mol. The van der Waals surface area contributed by atoms with Gasteiger partial charge in [-0.15, -0.1) is 0 Å². The van der Waals surface area contributed by atoms with Crippen LogP contribution in [0.1, 0.15) is 33.8 Å². The van der Waals surface area contributed by atoms with Crippen molar-refractivity contribution >= 4 is 11.8 Å². The van der Waals surface area contributed by atoms with E-state index in [1.165, 1.54) is 0 Å². The van der Waals surface area contributed by atoms with Crippen LogP contribution in [0.3, 0.4) is 0 Å². The molecule has 3 rings (SSSR count). The fraction of sp³-hybridized carbons (Fsp3) is 0.450. The predicted octanol–water partition coefficient (Wildman–Crippen LogP) is 2.22. The molecule has 2 aromatic rings. The number of carbonyl (C=O) groups is 2. The van der Waals surface area contributed by atoms with Crippen molar-refractivity contribution in [2.45, 2.75) is 26.7 Å². The summed E-state index contributed by atoms with van der Waals surface area (Å²) in [6.07, 6.45) is 1.12. The minimum Gasteiger partial charge on any atom is -0.497 e. The van der Waals surface area contributed by atoms with Crippen molar-refractivity contribution in [2.75, 3.05) is 33.3 Å². The van der Waals surface area contributed by atoms with Gasteiger partial charge in [-0.1, -0.05) is 17.3 Å². The number of hydrogen-bond donors (Lipinski definition) is 0. The molecule has 0 unspecified atom stereocenters. The second kappa shape index (κ2) is 8.24. The van der Waals surface area contributed by atoms with Crippen LogP contribution in [0.5, 0.6) is 5.75 Å². The Hall–Kier alpha value is -2.83. The maximum Gasteiger partial charge on any atom is 0.259 e. The molecule has 0 spiro atoms. The minimum absolute atomic E-state index is 0.0743. The summed E-state index contributed by atoms with van der Waals surface area (Å²) >= 11 is 0. The van der Waals surface area contributed by atoms with E-state index in [0.717, 1.165) is 11.3 Å². The molecule has 1 aromatic carbocycles. The van der Waals surface area contributed by atoms with E-state index < -0.39 is 0 Å². The normalized spacial score (nSPS) is 14.3. The van der Waals surface area contributed by atoms with Gasteiger partial charge in [-0.25, -0.2) is 0 Å². The average molecular weight is 371 g/mol. The first-order valence-electron chi connectivity index (χ1n) is 9.12. The monoisotopic (exact) mass is 371 g/mol. The van der Waals surface area contributed by atoms with Crippen LogP contribution in [0.2, 0.25) is 0 Å². The Labute approximate surface area is 158 Å². The summed E-state index contributed by atoms with van der Waals surface area (Å²) in [5.74, 6) is 1.37. The van der Waals surface area contributed by atoms with E-state index in [9.17, 15) is 9.59 Å². The molecule has 0 bridgehead atoms. The zero-order valence-corrected chi connectivity index (χ0v) is 16.0. The van der Waals surface area contributed by atoms with Gasteiger partial charge in [0.05, 0.1) is 12.8 Å². The Balaban J connectivity index is 1.51. The summed E-state index contributed by atoms with van der Waals surface area (Å²) in [5.41, 5.74) is 2.22. The standard InChI is InChI=1S/C20H25N3O4/c1-14-19(15(2)27-21-14)20(25)23-11-9-22(10-12-23)18(24)8-7-16-5-4-6-17(13-16)26-3/h4-6,13H,7-12H2,1-3H3. The first-order chi connectivity index (χ1) is 13.0. The van der Waals surface area contributed by atoms with E-state index in [2.05, 4.69) is 5.16 Å². The number of nitrogens with zero attached hydrogens (tertiary/aromatic N) is 3. The Bertz CT molecular complexity index is 803. The van der Waals surface area contributed by atoms with Crippen molar-refractivity contribution in [1.82, 2.24) is 15.0 Å². The zero-order chi connectivity index (χ0) is 19.4. The molecule has 7 heteroatoms. The molecule has 0 N–H and O–H groups in total. The molecule has 0 radical (unpaired) electrons. The van der Waals surface area contributed by atoms with Crippen LogP contribution in [0.4, 0.5) is 0 Å². The molecular formula is C20H25N3O4. The number of methoxy groups -OCH3 is 1. The number of carbonyl (C=O) groups excluding carboxylic acids is 2. The Morgan fingerprint density at radius 1 is 1.15 bits per heavy atom. The van der Waals surface area contributed by atoms with E-state index in [1.807, 2.05) is 29.2 Å². The van der Waals surface area contributed by atoms with E-state index >= 15 is 0 Å². The number of benzene rings is 1. The highest BCUT2D eigenvalue weighted by atomic mass is 16.5. The maximum atomic E-state index is 12.7. The first-order valence-corrected chi connectivity index (χ1v) is 9.12. The lowest BCUT2D eigenvalue weighted by molar-refractivity contribution is -0.132. The summed E-state index contributed by atoms with van der Waals surface area (Å²) in [5, 5.41) is 3.84. The van der Waals surface area contributed by atoms with Crippen LogP contribution in [0.25, 0.3) is 0 Å². The Morgan fingerprint density at radius 2 is 1.85 bits per heavy atom. The van der Waals surface area contributed by atoms with Crippen LogP contribution in [-0.4, -0.2) is 60.1 Å². The van der Waals surface area contributed by atoms with Crippen molar-refractivity contribution in [1.29, 1.82) is 0 Å². The van der Waals surface area contributed by atoms with Crippen LogP contribution < -0.4 is 4.74 Å². The summed E-state index contributed by atoms with van der Waals surface area (Å²) < 4.78 is 10.3. The second-order valence-corrected chi connectivity index (χ2v) is 6.72. The number of aryl methyl sites for hydroxylation is 3. The highest BCUT2D eigenvalue weighted by molar-refractivity contribution is 5.96. The summed E-state index contributed by atoms with van der Waals surface area (Å²) in [6, 6.07) is 7.77. The van der Waals surface area contributed by atoms with Crippen LogP contribution in [0, 0.1) is 13.8 Å². The van der Waals surface area contributed by atoms with Crippen molar-refractivity contribution in [2.24, 2.45) is 0 Å². The van der Waals surface area contributed by atoms with Gasteiger partial charge in [0.1, 0.15) is 17.1 Å². The quantitative estimate of drug-likeness (QED) is 0.806. The molecule has 1 saturated heterocycles. The molecule has 2 amide bonds. The summed E-state index contributed by atoms with van der Waals surface area (Å²) in [4.78, 5) is 28.8. The number of hydrogen-bond acceptors (Lipinski definition) is 5. The molecule has 27 heavy (non-hydrogen) atoms. The van der Waals surface area contributed by atoms with Gasteiger partial charge in [-0.2, -0.15) is 0 Å². The third-order valence-electron chi connectivity index (χ3n) is 4.93. The summed E-state index contributed by atoms with van der Waals surface area (Å²) in [6.45, 7) is 5.65. The van der Waals surface area contributed by atoms with Gasteiger partial charge in [0.2, 0.25) is 5.91 Å². The van der Waals surface area contributed by atoms with E-state index in [0.29, 0.717) is 56.0 Å². The van der Waals surface area contributed by atoms with Crippen LogP contribution in [-0.2, 0) is 11.2 Å². The minimum atomic E-state index is -0.0743. The molecule has 144 valence electrons. The molecule has 0 atom stereocenters. The lowest BCUT2D eigenvalue weighted by Gasteiger charge is -2.34. The van der Waals surface area contributed by atoms with Gasteiger partial charge < -0.3 is 19.1 Å². The highest BCUT2D eigenvalue weighted by Crippen LogP contribution is 2.18. The molecule has 1 aliphatic rings. The molecular weight excluding hydrogens is 346 g/mol. The number of aromatic nitrogens is 1. The van der Waals surface area contributed by atoms with Gasteiger partial charge >= 0.3 is 0 Å². The van der Waals surface area contributed by atoms with Gasteiger partial charge in [-0.05, 0) is 38.0 Å². The van der Waals surface area contributed by atoms with Gasteiger partial charge in [-0.3, -0.25) is 9.59 Å². The topological polar surface area (TPSA) is 75.9 Å². The fourth-order valence-electron chi connectivity index (χ4n) is 3.34.